The van der Waals surface area contributed by atoms with Crippen LogP contribution >= 0.6 is 11.6 Å². The maximum atomic E-state index is 12.2. The highest BCUT2D eigenvalue weighted by Crippen LogP contribution is 2.27. The van der Waals surface area contributed by atoms with Crippen LogP contribution in [-0.4, -0.2) is 69.1 Å². The SMILES string of the molecule is C=CC(=O)N1C[C@H](c2cc(Cl)nc(-c3cc(C(=O)NC)ncn3)c2)N[C@@H]([C@@H](C)O)C1. The number of halogens is 1. The minimum atomic E-state index is -0.665. The Morgan fingerprint density at radius 3 is 2.77 bits per heavy atom. The lowest BCUT2D eigenvalue weighted by molar-refractivity contribution is -0.128. The molecule has 2 amide bonds. The second kappa shape index (κ2) is 9.29. The van der Waals surface area contributed by atoms with E-state index in [-0.39, 0.29) is 34.7 Å². The molecule has 158 valence electrons. The molecule has 3 atom stereocenters. The van der Waals surface area contributed by atoms with E-state index in [1.165, 1.54) is 25.5 Å². The zero-order valence-electron chi connectivity index (χ0n) is 16.7. The molecule has 1 aliphatic rings. The molecule has 0 radical (unpaired) electrons. The van der Waals surface area contributed by atoms with Gasteiger partial charge in [0, 0.05) is 20.1 Å². The summed E-state index contributed by atoms with van der Waals surface area (Å²) in [6, 6.07) is 4.41. The molecule has 0 aliphatic carbocycles. The molecule has 1 saturated heterocycles. The molecule has 0 unspecified atom stereocenters. The number of aliphatic hydroxyl groups is 1. The Kier molecular flexibility index (Phi) is 6.76. The van der Waals surface area contributed by atoms with Gasteiger partial charge in [-0.25, -0.2) is 15.0 Å². The van der Waals surface area contributed by atoms with Gasteiger partial charge in [0.05, 0.1) is 29.6 Å². The molecule has 2 aromatic rings. The Morgan fingerprint density at radius 2 is 2.10 bits per heavy atom. The molecule has 0 spiro atoms. The highest BCUT2D eigenvalue weighted by Gasteiger charge is 2.32. The average Bonchev–Trinajstić information content (AvgIpc) is 2.77. The molecule has 3 heterocycles. The van der Waals surface area contributed by atoms with Gasteiger partial charge < -0.3 is 20.6 Å². The van der Waals surface area contributed by atoms with Gasteiger partial charge in [0.15, 0.2) is 0 Å². The number of pyridine rings is 1. The van der Waals surface area contributed by atoms with Crippen LogP contribution in [0.5, 0.6) is 0 Å². The van der Waals surface area contributed by atoms with Gasteiger partial charge in [-0.05, 0) is 36.8 Å². The first-order valence-electron chi connectivity index (χ1n) is 9.39. The highest BCUT2D eigenvalue weighted by atomic mass is 35.5. The van der Waals surface area contributed by atoms with Crippen LogP contribution in [0.15, 0.2) is 37.2 Å². The van der Waals surface area contributed by atoms with Gasteiger partial charge in [-0.15, -0.1) is 0 Å². The van der Waals surface area contributed by atoms with Crippen molar-refractivity contribution in [1.29, 1.82) is 0 Å². The molecule has 10 heteroatoms. The molecule has 2 aromatic heterocycles. The zero-order chi connectivity index (χ0) is 21.8. The van der Waals surface area contributed by atoms with Crippen molar-refractivity contribution in [2.24, 2.45) is 0 Å². The second-order valence-electron chi connectivity index (χ2n) is 6.99. The quantitative estimate of drug-likeness (QED) is 0.477. The summed E-state index contributed by atoms with van der Waals surface area (Å²) in [6.45, 7) is 5.96. The molecule has 1 fully saturated rings. The number of nitrogens with zero attached hydrogens (tertiary/aromatic N) is 4. The predicted molar refractivity (Wildman–Crippen MR) is 112 cm³/mol. The van der Waals surface area contributed by atoms with E-state index in [0.717, 1.165) is 5.56 Å². The third kappa shape index (κ3) is 4.81. The molecule has 3 rings (SSSR count). The fraction of sp³-hybridized carbons (Fsp3) is 0.350. The Hall–Kier alpha value is -2.88. The van der Waals surface area contributed by atoms with Gasteiger partial charge >= 0.3 is 0 Å². The Bertz CT molecular complexity index is 967. The first kappa shape index (κ1) is 21.8. The zero-order valence-corrected chi connectivity index (χ0v) is 17.4. The summed E-state index contributed by atoms with van der Waals surface area (Å²) in [5.74, 6) is -0.549. The van der Waals surface area contributed by atoms with Crippen LogP contribution in [0.4, 0.5) is 0 Å². The van der Waals surface area contributed by atoms with E-state index >= 15 is 0 Å². The summed E-state index contributed by atoms with van der Waals surface area (Å²) in [4.78, 5) is 38.2. The molecule has 1 aliphatic heterocycles. The number of hydrogen-bond acceptors (Lipinski definition) is 7. The van der Waals surface area contributed by atoms with Crippen molar-refractivity contribution >= 4 is 23.4 Å². The summed E-state index contributed by atoms with van der Waals surface area (Å²) in [5.41, 5.74) is 1.89. The van der Waals surface area contributed by atoms with Crippen molar-refractivity contribution in [3.8, 4) is 11.4 Å². The minimum Gasteiger partial charge on any atom is -0.392 e. The van der Waals surface area contributed by atoms with Crippen molar-refractivity contribution in [3.05, 3.63) is 53.6 Å². The predicted octanol–water partition coefficient (Wildman–Crippen LogP) is 0.960. The van der Waals surface area contributed by atoms with E-state index in [0.29, 0.717) is 24.5 Å². The van der Waals surface area contributed by atoms with Crippen LogP contribution in [0.3, 0.4) is 0 Å². The molecule has 0 saturated carbocycles. The number of carbonyl (C=O) groups is 2. The molecular weight excluding hydrogens is 408 g/mol. The number of aromatic nitrogens is 3. The minimum absolute atomic E-state index is 0.207. The summed E-state index contributed by atoms with van der Waals surface area (Å²) in [5, 5.41) is 16.2. The monoisotopic (exact) mass is 430 g/mol. The lowest BCUT2D eigenvalue weighted by atomic mass is 9.99. The van der Waals surface area contributed by atoms with Gasteiger partial charge in [0.1, 0.15) is 17.2 Å². The van der Waals surface area contributed by atoms with Crippen molar-refractivity contribution in [1.82, 2.24) is 30.5 Å². The van der Waals surface area contributed by atoms with E-state index in [1.807, 2.05) is 0 Å². The molecule has 9 nitrogen and oxygen atoms in total. The van der Waals surface area contributed by atoms with Crippen molar-refractivity contribution in [2.45, 2.75) is 25.1 Å². The average molecular weight is 431 g/mol. The van der Waals surface area contributed by atoms with Crippen molar-refractivity contribution in [3.63, 3.8) is 0 Å². The largest absolute Gasteiger partial charge is 0.392 e. The molecule has 0 bridgehead atoms. The molecule has 3 N–H and O–H groups in total. The van der Waals surface area contributed by atoms with Gasteiger partial charge in [0.2, 0.25) is 5.91 Å². The van der Waals surface area contributed by atoms with Gasteiger partial charge in [-0.1, -0.05) is 18.2 Å². The lowest BCUT2D eigenvalue weighted by Crippen LogP contribution is -2.57. The maximum Gasteiger partial charge on any atom is 0.269 e. The number of hydrogen-bond donors (Lipinski definition) is 3. The fourth-order valence-electron chi connectivity index (χ4n) is 3.30. The van der Waals surface area contributed by atoms with Crippen LogP contribution in [-0.2, 0) is 4.79 Å². The van der Waals surface area contributed by atoms with Crippen LogP contribution in [0.25, 0.3) is 11.4 Å². The molecule has 0 aromatic carbocycles. The third-order valence-electron chi connectivity index (χ3n) is 4.91. The Balaban J connectivity index is 1.97. The second-order valence-corrected chi connectivity index (χ2v) is 7.38. The number of amides is 2. The number of rotatable bonds is 5. The van der Waals surface area contributed by atoms with Crippen LogP contribution in [0.1, 0.15) is 29.0 Å². The van der Waals surface area contributed by atoms with Crippen LogP contribution in [0.2, 0.25) is 5.15 Å². The number of aliphatic hydroxyl groups excluding tert-OH is 1. The van der Waals surface area contributed by atoms with E-state index in [9.17, 15) is 14.7 Å². The number of carbonyl (C=O) groups excluding carboxylic acids is 2. The fourth-order valence-corrected chi connectivity index (χ4v) is 3.51. The summed E-state index contributed by atoms with van der Waals surface area (Å²) < 4.78 is 0. The van der Waals surface area contributed by atoms with E-state index in [4.69, 9.17) is 11.6 Å². The summed E-state index contributed by atoms with van der Waals surface area (Å²) in [6.07, 6.45) is 1.88. The maximum absolute atomic E-state index is 12.2. The van der Waals surface area contributed by atoms with E-state index in [2.05, 4.69) is 32.2 Å². The van der Waals surface area contributed by atoms with Crippen LogP contribution in [0, 0.1) is 0 Å². The highest BCUT2D eigenvalue weighted by molar-refractivity contribution is 6.29. The topological polar surface area (TPSA) is 120 Å². The first-order valence-corrected chi connectivity index (χ1v) is 9.77. The normalized spacial score (nSPS) is 19.8. The summed E-state index contributed by atoms with van der Waals surface area (Å²) in [7, 11) is 1.52. The molecule has 30 heavy (non-hydrogen) atoms. The number of piperazine rings is 1. The van der Waals surface area contributed by atoms with Gasteiger partial charge in [0.25, 0.3) is 5.91 Å². The van der Waals surface area contributed by atoms with Gasteiger partial charge in [-0.3, -0.25) is 9.59 Å². The Labute approximate surface area is 179 Å². The first-order chi connectivity index (χ1) is 14.3. The smallest absolute Gasteiger partial charge is 0.269 e. The standard InChI is InChI=1S/C20H23ClN6O3/c1-4-19(29)27-8-16(11(2)28)25-17(9-27)12-5-14(26-18(21)6-12)13-7-15(20(30)22-3)24-10-23-13/h4-7,10-11,16-17,25,28H,1,8-9H2,2-3H3,(H,22,30)/t11-,16-,17-/m1/s1. The van der Waals surface area contributed by atoms with Crippen LogP contribution < -0.4 is 10.6 Å². The number of nitrogens with one attached hydrogen (secondary N) is 2. The van der Waals surface area contributed by atoms with E-state index < -0.39 is 6.10 Å². The van der Waals surface area contributed by atoms with Gasteiger partial charge in [-0.2, -0.15) is 0 Å². The molecular formula is C20H23ClN6O3. The third-order valence-corrected chi connectivity index (χ3v) is 5.11. The van der Waals surface area contributed by atoms with E-state index in [1.54, 1.807) is 24.0 Å². The van der Waals surface area contributed by atoms with Crippen molar-refractivity contribution < 1.29 is 14.7 Å². The van der Waals surface area contributed by atoms with Crippen molar-refractivity contribution in [2.75, 3.05) is 20.1 Å². The lowest BCUT2D eigenvalue weighted by Gasteiger charge is -2.40. The Morgan fingerprint density at radius 1 is 1.33 bits per heavy atom. The summed E-state index contributed by atoms with van der Waals surface area (Å²) >= 11 is 6.27.